The van der Waals surface area contributed by atoms with Gasteiger partial charge in [-0.25, -0.2) is 0 Å². The number of rotatable bonds is 2. The number of carbonyl (C=O) groups is 3. The van der Waals surface area contributed by atoms with Gasteiger partial charge in [0.2, 0.25) is 0 Å². The van der Waals surface area contributed by atoms with Crippen molar-refractivity contribution in [2.75, 3.05) is 20.6 Å². The van der Waals surface area contributed by atoms with E-state index in [4.69, 9.17) is 0 Å². The highest BCUT2D eigenvalue weighted by Gasteiger charge is 2.33. The Morgan fingerprint density at radius 1 is 1.22 bits per heavy atom. The van der Waals surface area contributed by atoms with Crippen LogP contribution in [0.4, 0.5) is 0 Å². The lowest BCUT2D eigenvalue weighted by molar-refractivity contribution is 0.0692. The Kier molecular flexibility index (Phi) is 2.90. The van der Waals surface area contributed by atoms with Gasteiger partial charge in [-0.3, -0.25) is 19.3 Å². The lowest BCUT2D eigenvalue weighted by Gasteiger charge is -2.14. The fraction of sp³-hybridized carbons (Fsp3) is 0.308. The van der Waals surface area contributed by atoms with Crippen molar-refractivity contribution in [3.8, 4) is 0 Å². The second-order valence-electron chi connectivity index (χ2n) is 4.25. The molecule has 18 heavy (non-hydrogen) atoms. The van der Waals surface area contributed by atoms with Gasteiger partial charge in [0.1, 0.15) is 0 Å². The molecule has 0 spiro atoms. The van der Waals surface area contributed by atoms with E-state index in [0.29, 0.717) is 23.2 Å². The maximum absolute atomic E-state index is 12.0. The first-order valence-corrected chi connectivity index (χ1v) is 5.69. The normalized spacial score (nSPS) is 13.8. The molecule has 0 unspecified atom stereocenters. The van der Waals surface area contributed by atoms with E-state index >= 15 is 0 Å². The molecule has 1 heterocycles. The molecule has 1 aliphatic heterocycles. The summed E-state index contributed by atoms with van der Waals surface area (Å²) in [5.74, 6) is -0.836. The average Bonchev–Trinajstić information content (AvgIpc) is 2.61. The first-order valence-electron chi connectivity index (χ1n) is 5.69. The maximum atomic E-state index is 12.0. The van der Waals surface area contributed by atoms with Gasteiger partial charge in [0, 0.05) is 26.2 Å². The van der Waals surface area contributed by atoms with E-state index in [0.717, 1.165) is 4.90 Å². The van der Waals surface area contributed by atoms with Gasteiger partial charge in [-0.15, -0.1) is 0 Å². The zero-order valence-corrected chi connectivity index (χ0v) is 10.6. The molecule has 0 bridgehead atoms. The van der Waals surface area contributed by atoms with Crippen molar-refractivity contribution in [2.45, 2.75) is 6.92 Å². The number of fused-ring (bicyclic) bond motifs is 1. The zero-order valence-electron chi connectivity index (χ0n) is 10.6. The number of hydrogen-bond acceptors (Lipinski definition) is 3. The molecule has 94 valence electrons. The van der Waals surface area contributed by atoms with Gasteiger partial charge in [-0.2, -0.15) is 0 Å². The number of hydrogen-bond donors (Lipinski definition) is 0. The summed E-state index contributed by atoms with van der Waals surface area (Å²) < 4.78 is 0. The summed E-state index contributed by atoms with van der Waals surface area (Å²) in [6, 6.07) is 4.61. The minimum Gasteiger partial charge on any atom is -0.342 e. The van der Waals surface area contributed by atoms with Crippen LogP contribution in [-0.2, 0) is 0 Å². The molecule has 0 aliphatic carbocycles. The van der Waals surface area contributed by atoms with E-state index < -0.39 is 0 Å². The van der Waals surface area contributed by atoms with Gasteiger partial charge < -0.3 is 4.90 Å². The number of imide groups is 1. The van der Waals surface area contributed by atoms with Gasteiger partial charge >= 0.3 is 0 Å². The van der Waals surface area contributed by atoms with Crippen LogP contribution < -0.4 is 0 Å². The van der Waals surface area contributed by atoms with Crippen molar-refractivity contribution in [1.82, 2.24) is 9.80 Å². The summed E-state index contributed by atoms with van der Waals surface area (Å²) >= 11 is 0. The van der Waals surface area contributed by atoms with Crippen LogP contribution in [0.5, 0.6) is 0 Å². The van der Waals surface area contributed by atoms with Crippen molar-refractivity contribution in [2.24, 2.45) is 0 Å². The fourth-order valence-electron chi connectivity index (χ4n) is 1.86. The minimum atomic E-state index is -0.358. The molecule has 1 aliphatic rings. The molecule has 0 atom stereocenters. The highest BCUT2D eigenvalue weighted by Crippen LogP contribution is 2.23. The van der Waals surface area contributed by atoms with Gasteiger partial charge in [0.05, 0.1) is 11.1 Å². The SMILES string of the molecule is CCN(C)C(=O)c1ccc2c(c1)C(=O)N(C)C2=O. The predicted octanol–water partition coefficient (Wildman–Crippen LogP) is 1.00. The number of amides is 3. The second kappa shape index (κ2) is 4.25. The molecular weight excluding hydrogens is 232 g/mol. The van der Waals surface area contributed by atoms with Crippen LogP contribution in [0.1, 0.15) is 38.0 Å². The molecule has 5 heteroatoms. The summed E-state index contributed by atoms with van der Waals surface area (Å²) in [7, 11) is 3.12. The molecular formula is C13H14N2O3. The van der Waals surface area contributed by atoms with E-state index in [1.807, 2.05) is 6.92 Å². The Morgan fingerprint density at radius 2 is 1.83 bits per heavy atom. The van der Waals surface area contributed by atoms with E-state index in [1.165, 1.54) is 19.2 Å². The van der Waals surface area contributed by atoms with Crippen LogP contribution >= 0.6 is 0 Å². The van der Waals surface area contributed by atoms with Gasteiger partial charge in [-0.05, 0) is 25.1 Å². The molecule has 1 aromatic rings. The molecule has 0 saturated carbocycles. The lowest BCUT2D eigenvalue weighted by Crippen LogP contribution is -2.26. The van der Waals surface area contributed by atoms with E-state index in [1.54, 1.807) is 18.0 Å². The third kappa shape index (κ3) is 1.68. The van der Waals surface area contributed by atoms with Gasteiger partial charge in [-0.1, -0.05) is 0 Å². The quantitative estimate of drug-likeness (QED) is 0.732. The standard InChI is InChI=1S/C13H14N2O3/c1-4-14(2)11(16)8-5-6-9-10(7-8)13(18)15(3)12(9)17/h5-7H,4H2,1-3H3. The highest BCUT2D eigenvalue weighted by molar-refractivity contribution is 6.21. The Labute approximate surface area is 105 Å². The van der Waals surface area contributed by atoms with Crippen LogP contribution in [0.2, 0.25) is 0 Å². The molecule has 0 saturated heterocycles. The van der Waals surface area contributed by atoms with E-state index in [-0.39, 0.29) is 17.7 Å². The van der Waals surface area contributed by atoms with Crippen LogP contribution in [-0.4, -0.2) is 48.2 Å². The number of carbonyl (C=O) groups excluding carboxylic acids is 3. The molecule has 2 rings (SSSR count). The predicted molar refractivity (Wildman–Crippen MR) is 65.5 cm³/mol. The highest BCUT2D eigenvalue weighted by atomic mass is 16.2. The first-order chi connectivity index (χ1) is 8.47. The minimum absolute atomic E-state index is 0.157. The molecule has 1 aromatic carbocycles. The molecule has 3 amide bonds. The summed E-state index contributed by atoms with van der Waals surface area (Å²) in [4.78, 5) is 38.1. The first kappa shape index (κ1) is 12.3. The molecule has 0 fully saturated rings. The molecule has 0 N–H and O–H groups in total. The number of benzene rings is 1. The third-order valence-electron chi connectivity index (χ3n) is 3.16. The smallest absolute Gasteiger partial charge is 0.261 e. The van der Waals surface area contributed by atoms with E-state index in [2.05, 4.69) is 0 Å². The Bertz CT molecular complexity index is 551. The van der Waals surface area contributed by atoms with Crippen LogP contribution in [0.15, 0.2) is 18.2 Å². The monoisotopic (exact) mass is 246 g/mol. The Balaban J connectivity index is 2.44. The molecule has 0 aromatic heterocycles. The second-order valence-corrected chi connectivity index (χ2v) is 4.25. The maximum Gasteiger partial charge on any atom is 0.261 e. The van der Waals surface area contributed by atoms with Gasteiger partial charge in [0.15, 0.2) is 0 Å². The third-order valence-corrected chi connectivity index (χ3v) is 3.16. The van der Waals surface area contributed by atoms with Crippen molar-refractivity contribution < 1.29 is 14.4 Å². The Morgan fingerprint density at radius 3 is 2.44 bits per heavy atom. The zero-order chi connectivity index (χ0) is 13.4. The van der Waals surface area contributed by atoms with Crippen LogP contribution in [0, 0.1) is 0 Å². The molecule has 0 radical (unpaired) electrons. The summed E-state index contributed by atoms with van der Waals surface area (Å²) in [6.07, 6.45) is 0. The fourth-order valence-corrected chi connectivity index (χ4v) is 1.86. The Hall–Kier alpha value is -2.17. The van der Waals surface area contributed by atoms with E-state index in [9.17, 15) is 14.4 Å². The lowest BCUT2D eigenvalue weighted by atomic mass is 10.1. The summed E-state index contributed by atoms with van der Waals surface area (Å²) in [5, 5.41) is 0. The topological polar surface area (TPSA) is 57.7 Å². The molecule has 5 nitrogen and oxygen atoms in total. The van der Waals surface area contributed by atoms with Crippen molar-refractivity contribution in [1.29, 1.82) is 0 Å². The van der Waals surface area contributed by atoms with Crippen LogP contribution in [0.25, 0.3) is 0 Å². The van der Waals surface area contributed by atoms with Gasteiger partial charge in [0.25, 0.3) is 17.7 Å². The van der Waals surface area contributed by atoms with Crippen molar-refractivity contribution in [3.05, 3.63) is 34.9 Å². The van der Waals surface area contributed by atoms with Crippen molar-refractivity contribution >= 4 is 17.7 Å². The summed E-state index contributed by atoms with van der Waals surface area (Å²) in [5.41, 5.74) is 1.09. The summed E-state index contributed by atoms with van der Waals surface area (Å²) in [6.45, 7) is 2.45. The average molecular weight is 246 g/mol. The largest absolute Gasteiger partial charge is 0.342 e. The number of nitrogens with zero attached hydrogens (tertiary/aromatic N) is 2. The van der Waals surface area contributed by atoms with Crippen LogP contribution in [0.3, 0.4) is 0 Å². The van der Waals surface area contributed by atoms with Crippen molar-refractivity contribution in [3.63, 3.8) is 0 Å².